The first kappa shape index (κ1) is 17.9. The van der Waals surface area contributed by atoms with E-state index < -0.39 is 6.04 Å². The lowest BCUT2D eigenvalue weighted by Crippen LogP contribution is -2.31. The Morgan fingerprint density at radius 1 is 1.21 bits per heavy atom. The first-order valence-electron chi connectivity index (χ1n) is 9.25. The monoisotopic (exact) mass is 375 g/mol. The number of fused-ring (bicyclic) bond motifs is 2. The fraction of sp³-hybridized carbons (Fsp3) is 0.238. The molecule has 7 nitrogen and oxygen atoms in total. The molecule has 0 saturated carbocycles. The number of hydrogen-bond acceptors (Lipinski definition) is 4. The second-order valence-electron chi connectivity index (χ2n) is 6.72. The van der Waals surface area contributed by atoms with E-state index in [0.29, 0.717) is 18.5 Å². The van der Waals surface area contributed by atoms with Gasteiger partial charge in [0.2, 0.25) is 5.91 Å². The van der Waals surface area contributed by atoms with Crippen LogP contribution >= 0.6 is 0 Å². The van der Waals surface area contributed by atoms with E-state index in [0.717, 1.165) is 22.1 Å². The minimum Gasteiger partial charge on any atom is -0.350 e. The van der Waals surface area contributed by atoms with Gasteiger partial charge in [-0.2, -0.15) is 5.10 Å². The van der Waals surface area contributed by atoms with Gasteiger partial charge in [-0.15, -0.1) is 0 Å². The number of nitrogens with zero attached hydrogens (tertiary/aromatic N) is 4. The van der Waals surface area contributed by atoms with Crippen LogP contribution in [0.3, 0.4) is 0 Å². The summed E-state index contributed by atoms with van der Waals surface area (Å²) < 4.78 is 3.58. The third-order valence-electron chi connectivity index (χ3n) is 4.95. The first-order chi connectivity index (χ1) is 13.6. The molecule has 0 spiro atoms. The highest BCUT2D eigenvalue weighted by Crippen LogP contribution is 2.27. The molecule has 4 aromatic rings. The van der Waals surface area contributed by atoms with Crippen LogP contribution in [0.2, 0.25) is 0 Å². The molecule has 0 fully saturated rings. The van der Waals surface area contributed by atoms with Gasteiger partial charge in [-0.1, -0.05) is 25.1 Å². The van der Waals surface area contributed by atoms with Gasteiger partial charge < -0.3 is 9.88 Å². The van der Waals surface area contributed by atoms with Crippen molar-refractivity contribution >= 4 is 28.2 Å². The van der Waals surface area contributed by atoms with Crippen molar-refractivity contribution in [2.24, 2.45) is 0 Å². The summed E-state index contributed by atoms with van der Waals surface area (Å²) >= 11 is 0. The summed E-state index contributed by atoms with van der Waals surface area (Å²) in [6.07, 6.45) is 7.62. The van der Waals surface area contributed by atoms with Crippen LogP contribution in [0.15, 0.2) is 55.1 Å². The number of para-hydroxylation sites is 1. The Morgan fingerprint density at radius 2 is 2.04 bits per heavy atom. The molecule has 1 N–H and O–H groups in total. The molecule has 0 aliphatic heterocycles. The van der Waals surface area contributed by atoms with Gasteiger partial charge >= 0.3 is 0 Å². The van der Waals surface area contributed by atoms with Crippen LogP contribution < -0.4 is 5.32 Å². The van der Waals surface area contributed by atoms with E-state index in [1.807, 2.05) is 42.0 Å². The maximum absolute atomic E-state index is 13.0. The van der Waals surface area contributed by atoms with Gasteiger partial charge in [-0.05, 0) is 25.5 Å². The van der Waals surface area contributed by atoms with Gasteiger partial charge in [0.15, 0.2) is 11.4 Å². The number of aromatic nitrogens is 4. The topological polar surface area (TPSA) is 81.3 Å². The van der Waals surface area contributed by atoms with Gasteiger partial charge in [-0.3, -0.25) is 9.59 Å². The largest absolute Gasteiger partial charge is 0.350 e. The van der Waals surface area contributed by atoms with E-state index in [1.54, 1.807) is 36.1 Å². The van der Waals surface area contributed by atoms with Crippen molar-refractivity contribution in [3.8, 4) is 0 Å². The number of Topliss-reactive ketones (excluding diaryl/α,β-unsaturated/α-hetero) is 1. The highest BCUT2D eigenvalue weighted by Gasteiger charge is 2.22. The second kappa shape index (κ2) is 7.26. The van der Waals surface area contributed by atoms with Crippen LogP contribution in [-0.4, -0.2) is 30.9 Å². The second-order valence-corrected chi connectivity index (χ2v) is 6.72. The quantitative estimate of drug-likeness (QED) is 0.525. The van der Waals surface area contributed by atoms with Crippen LogP contribution in [0.4, 0.5) is 0 Å². The highest BCUT2D eigenvalue weighted by molar-refractivity contribution is 6.07. The third-order valence-corrected chi connectivity index (χ3v) is 4.95. The van der Waals surface area contributed by atoms with E-state index in [4.69, 9.17) is 0 Å². The van der Waals surface area contributed by atoms with Crippen LogP contribution in [0, 0.1) is 0 Å². The summed E-state index contributed by atoms with van der Waals surface area (Å²) in [5.41, 5.74) is 3.09. The molecule has 0 radical (unpaired) electrons. The Kier molecular flexibility index (Phi) is 4.65. The SMILES string of the molecule is CCC(C(=O)NCc1cnn2cccnc12)n1cc(C(C)=O)c2ccccc21. The molecule has 3 aromatic heterocycles. The van der Waals surface area contributed by atoms with E-state index >= 15 is 0 Å². The number of hydrogen-bond donors (Lipinski definition) is 1. The summed E-state index contributed by atoms with van der Waals surface area (Å²) in [4.78, 5) is 29.3. The standard InChI is InChI=1S/C21H21N5O2/c1-3-18(25-13-17(14(2)27)16-7-4-5-8-19(16)25)21(28)23-11-15-12-24-26-10-6-9-22-20(15)26/h4-10,12-13,18H,3,11H2,1-2H3,(H,23,28). The molecule has 4 rings (SSSR count). The number of amides is 1. The molecule has 7 heteroatoms. The maximum atomic E-state index is 13.0. The minimum absolute atomic E-state index is 0.0114. The first-order valence-corrected chi connectivity index (χ1v) is 9.25. The number of benzene rings is 1. The van der Waals surface area contributed by atoms with Crippen LogP contribution in [0.1, 0.15) is 42.2 Å². The van der Waals surface area contributed by atoms with E-state index in [1.165, 1.54) is 0 Å². The molecule has 1 amide bonds. The van der Waals surface area contributed by atoms with Crippen molar-refractivity contribution in [3.05, 3.63) is 66.2 Å². The van der Waals surface area contributed by atoms with Gasteiger partial charge in [0.05, 0.1) is 6.20 Å². The van der Waals surface area contributed by atoms with Crippen LogP contribution in [0.5, 0.6) is 0 Å². The minimum atomic E-state index is -0.409. The molecule has 0 saturated heterocycles. The molecular formula is C21H21N5O2. The zero-order chi connectivity index (χ0) is 19.7. The normalized spacial score (nSPS) is 12.4. The lowest BCUT2D eigenvalue weighted by atomic mass is 10.1. The van der Waals surface area contributed by atoms with E-state index in [-0.39, 0.29) is 11.7 Å². The van der Waals surface area contributed by atoms with Gasteiger partial charge in [-0.25, -0.2) is 9.50 Å². The highest BCUT2D eigenvalue weighted by atomic mass is 16.2. The smallest absolute Gasteiger partial charge is 0.243 e. The molecule has 1 atom stereocenters. The summed E-state index contributed by atoms with van der Waals surface area (Å²) in [5, 5.41) is 8.10. The third kappa shape index (κ3) is 3.05. The molecule has 0 aliphatic carbocycles. The molecule has 1 unspecified atom stereocenters. The van der Waals surface area contributed by atoms with Crippen molar-refractivity contribution in [2.75, 3.05) is 0 Å². The molecule has 1 aromatic carbocycles. The molecule has 3 heterocycles. The fourth-order valence-electron chi connectivity index (χ4n) is 3.55. The molecular weight excluding hydrogens is 354 g/mol. The van der Waals surface area contributed by atoms with Crippen LogP contribution in [-0.2, 0) is 11.3 Å². The van der Waals surface area contributed by atoms with Gasteiger partial charge in [0, 0.05) is 47.2 Å². The van der Waals surface area contributed by atoms with Gasteiger partial charge in [0.25, 0.3) is 0 Å². The lowest BCUT2D eigenvalue weighted by Gasteiger charge is -2.18. The molecule has 142 valence electrons. The predicted molar refractivity (Wildman–Crippen MR) is 106 cm³/mol. The van der Waals surface area contributed by atoms with E-state index in [9.17, 15) is 9.59 Å². The summed E-state index contributed by atoms with van der Waals surface area (Å²) in [6.45, 7) is 3.85. The predicted octanol–water partition coefficient (Wildman–Crippen LogP) is 3.15. The number of nitrogens with one attached hydrogen (secondary N) is 1. The summed E-state index contributed by atoms with van der Waals surface area (Å²) in [7, 11) is 0. The van der Waals surface area contributed by atoms with Crippen molar-refractivity contribution < 1.29 is 9.59 Å². The van der Waals surface area contributed by atoms with Crippen LogP contribution in [0.25, 0.3) is 16.6 Å². The maximum Gasteiger partial charge on any atom is 0.243 e. The average molecular weight is 375 g/mol. The van der Waals surface area contributed by atoms with Crippen molar-refractivity contribution in [2.45, 2.75) is 32.9 Å². The fourth-order valence-corrected chi connectivity index (χ4v) is 3.55. The number of carbonyl (C=O) groups is 2. The van der Waals surface area contributed by atoms with Gasteiger partial charge in [0.1, 0.15) is 6.04 Å². The summed E-state index contributed by atoms with van der Waals surface area (Å²) in [5.74, 6) is -0.115. The lowest BCUT2D eigenvalue weighted by molar-refractivity contribution is -0.124. The van der Waals surface area contributed by atoms with Crippen molar-refractivity contribution in [3.63, 3.8) is 0 Å². The zero-order valence-electron chi connectivity index (χ0n) is 15.8. The Labute approximate surface area is 162 Å². The molecule has 28 heavy (non-hydrogen) atoms. The van der Waals surface area contributed by atoms with Crippen molar-refractivity contribution in [1.82, 2.24) is 24.5 Å². The van der Waals surface area contributed by atoms with E-state index in [2.05, 4.69) is 15.4 Å². The zero-order valence-corrected chi connectivity index (χ0v) is 15.8. The number of ketones is 1. The van der Waals surface area contributed by atoms with Crippen molar-refractivity contribution in [1.29, 1.82) is 0 Å². The number of carbonyl (C=O) groups excluding carboxylic acids is 2. The Balaban J connectivity index is 1.61. The molecule has 0 bridgehead atoms. The Bertz CT molecular complexity index is 1170. The summed E-state index contributed by atoms with van der Waals surface area (Å²) in [6, 6.07) is 9.06. The Hall–Kier alpha value is -3.48. The molecule has 0 aliphatic rings. The Morgan fingerprint density at radius 3 is 2.82 bits per heavy atom. The number of rotatable bonds is 6. The average Bonchev–Trinajstić information content (AvgIpc) is 3.29.